The zero-order valence-electron chi connectivity index (χ0n) is 9.75. The van der Waals surface area contributed by atoms with Crippen LogP contribution < -0.4 is 0 Å². The van der Waals surface area contributed by atoms with Crippen molar-refractivity contribution in [1.82, 2.24) is 15.0 Å². The van der Waals surface area contributed by atoms with Crippen LogP contribution in [0.1, 0.15) is 29.5 Å². The first-order valence-corrected chi connectivity index (χ1v) is 7.24. The predicted molar refractivity (Wildman–Crippen MR) is 60.7 cm³/mol. The van der Waals surface area contributed by atoms with Gasteiger partial charge in [-0.3, -0.25) is 0 Å². The highest BCUT2D eigenvalue weighted by atomic mass is 32.2. The second-order valence-electron chi connectivity index (χ2n) is 3.75. The Kier molecular flexibility index (Phi) is 4.22. The maximum absolute atomic E-state index is 10.9. The number of nitrogens with zero attached hydrogens (tertiary/aromatic N) is 3. The van der Waals surface area contributed by atoms with Crippen molar-refractivity contribution in [1.29, 1.82) is 0 Å². The van der Waals surface area contributed by atoms with Gasteiger partial charge in [-0.15, -0.1) is 5.10 Å². The molecule has 0 aliphatic carbocycles. The molecule has 0 amide bonds. The van der Waals surface area contributed by atoms with E-state index < -0.39 is 15.8 Å². The van der Waals surface area contributed by atoms with Crippen LogP contribution in [0.3, 0.4) is 0 Å². The lowest BCUT2D eigenvalue weighted by atomic mass is 10.2. The van der Waals surface area contributed by atoms with E-state index in [1.165, 1.54) is 4.68 Å². The number of carboxylic acids is 1. The average molecular weight is 261 g/mol. The number of aryl methyl sites for hydroxylation is 1. The first-order chi connectivity index (χ1) is 7.85. The number of aromatic carboxylic acids is 1. The third-order valence-corrected chi connectivity index (χ3v) is 3.29. The molecule has 0 aliphatic rings. The predicted octanol–water partition coefficient (Wildman–Crippen LogP) is -0.0266. The molecular formula is C9H15N3O4S. The largest absolute Gasteiger partial charge is 0.476 e. The molecule has 0 unspecified atom stereocenters. The van der Waals surface area contributed by atoms with Crippen LogP contribution in [-0.4, -0.2) is 46.5 Å². The third-order valence-electron chi connectivity index (χ3n) is 2.26. The molecule has 1 N–H and O–H groups in total. The normalized spacial score (nSPS) is 11.6. The summed E-state index contributed by atoms with van der Waals surface area (Å²) in [7, 11) is -3.00. The Hall–Kier alpha value is -1.44. The lowest BCUT2D eigenvalue weighted by Crippen LogP contribution is -2.11. The van der Waals surface area contributed by atoms with Crippen molar-refractivity contribution >= 4 is 15.8 Å². The summed E-state index contributed by atoms with van der Waals surface area (Å²) in [4.78, 5) is 10.8. The zero-order valence-corrected chi connectivity index (χ0v) is 10.6. The van der Waals surface area contributed by atoms with Crippen molar-refractivity contribution in [2.75, 3.05) is 12.0 Å². The topological polar surface area (TPSA) is 102 Å². The molecule has 0 fully saturated rings. The van der Waals surface area contributed by atoms with Crippen molar-refractivity contribution in [3.8, 4) is 0 Å². The van der Waals surface area contributed by atoms with Crippen LogP contribution in [0.25, 0.3) is 0 Å². The summed E-state index contributed by atoms with van der Waals surface area (Å²) in [5.74, 6) is -1.06. The number of sulfone groups is 1. The summed E-state index contributed by atoms with van der Waals surface area (Å²) in [6, 6.07) is 0. The summed E-state index contributed by atoms with van der Waals surface area (Å²) in [6.07, 6.45) is 2.06. The molecule has 0 saturated carbocycles. The Morgan fingerprint density at radius 2 is 2.12 bits per heavy atom. The molecule has 8 heteroatoms. The summed E-state index contributed by atoms with van der Waals surface area (Å²) in [5, 5.41) is 16.1. The fourth-order valence-electron chi connectivity index (χ4n) is 1.51. The molecule has 0 bridgehead atoms. The van der Waals surface area contributed by atoms with E-state index in [1.807, 2.05) is 0 Å². The maximum atomic E-state index is 10.9. The molecule has 0 atom stereocenters. The smallest absolute Gasteiger partial charge is 0.358 e. The highest BCUT2D eigenvalue weighted by Crippen LogP contribution is 2.07. The van der Waals surface area contributed by atoms with Crippen LogP contribution in [-0.2, 0) is 22.8 Å². The number of carbonyl (C=O) groups is 1. The summed E-state index contributed by atoms with van der Waals surface area (Å²) in [6.45, 7) is 2.16. The van der Waals surface area contributed by atoms with Gasteiger partial charge < -0.3 is 5.11 Å². The number of carboxylic acid groups (broad SMARTS) is 1. The van der Waals surface area contributed by atoms with Crippen molar-refractivity contribution in [2.45, 2.75) is 26.3 Å². The minimum atomic E-state index is -3.00. The van der Waals surface area contributed by atoms with Gasteiger partial charge >= 0.3 is 5.97 Å². The molecule has 0 radical (unpaired) electrons. The molecule has 1 aromatic heterocycles. The van der Waals surface area contributed by atoms with E-state index in [-0.39, 0.29) is 11.4 Å². The van der Waals surface area contributed by atoms with Crippen LogP contribution in [0.4, 0.5) is 0 Å². The summed E-state index contributed by atoms with van der Waals surface area (Å²) < 4.78 is 23.4. The molecule has 1 aromatic rings. The Balaban J connectivity index is 2.75. The van der Waals surface area contributed by atoms with Gasteiger partial charge in [-0.1, -0.05) is 12.1 Å². The van der Waals surface area contributed by atoms with Gasteiger partial charge in [-0.25, -0.2) is 17.9 Å². The van der Waals surface area contributed by atoms with E-state index >= 15 is 0 Å². The maximum Gasteiger partial charge on any atom is 0.358 e. The average Bonchev–Trinajstić information content (AvgIpc) is 2.58. The second-order valence-corrected chi connectivity index (χ2v) is 6.01. The van der Waals surface area contributed by atoms with E-state index in [9.17, 15) is 13.2 Å². The van der Waals surface area contributed by atoms with Gasteiger partial charge in [0.1, 0.15) is 9.84 Å². The minimum absolute atomic E-state index is 0.0540. The van der Waals surface area contributed by atoms with Crippen molar-refractivity contribution in [3.63, 3.8) is 0 Å². The van der Waals surface area contributed by atoms with Crippen molar-refractivity contribution in [3.05, 3.63) is 11.4 Å². The molecule has 1 rings (SSSR count). The zero-order chi connectivity index (χ0) is 13.1. The number of rotatable bonds is 6. The van der Waals surface area contributed by atoms with E-state index in [0.29, 0.717) is 25.1 Å². The van der Waals surface area contributed by atoms with Gasteiger partial charge in [-0.05, 0) is 12.8 Å². The Morgan fingerprint density at radius 3 is 2.59 bits per heavy atom. The molecule has 0 saturated heterocycles. The molecule has 96 valence electrons. The number of hydrogen-bond acceptors (Lipinski definition) is 5. The highest BCUT2D eigenvalue weighted by Gasteiger charge is 2.17. The minimum Gasteiger partial charge on any atom is -0.476 e. The number of aromatic nitrogens is 3. The van der Waals surface area contributed by atoms with Crippen LogP contribution in [0, 0.1) is 0 Å². The van der Waals surface area contributed by atoms with Gasteiger partial charge in [0.25, 0.3) is 0 Å². The Bertz CT molecular complexity index is 506. The van der Waals surface area contributed by atoms with Crippen molar-refractivity contribution < 1.29 is 18.3 Å². The highest BCUT2D eigenvalue weighted by molar-refractivity contribution is 7.90. The SMILES string of the molecule is CCc1c(C(=O)O)nnn1CCCS(C)(=O)=O. The molecule has 0 spiro atoms. The quantitative estimate of drug-likeness (QED) is 0.771. The molecular weight excluding hydrogens is 246 g/mol. The van der Waals surface area contributed by atoms with E-state index in [1.54, 1.807) is 6.92 Å². The van der Waals surface area contributed by atoms with Gasteiger partial charge in [0, 0.05) is 12.8 Å². The van der Waals surface area contributed by atoms with Gasteiger partial charge in [0.15, 0.2) is 5.69 Å². The monoisotopic (exact) mass is 261 g/mol. The fraction of sp³-hybridized carbons (Fsp3) is 0.667. The molecule has 1 heterocycles. The summed E-state index contributed by atoms with van der Waals surface area (Å²) in [5.41, 5.74) is 0.456. The van der Waals surface area contributed by atoms with E-state index in [4.69, 9.17) is 5.11 Å². The van der Waals surface area contributed by atoms with Crippen LogP contribution in [0.15, 0.2) is 0 Å². The molecule has 17 heavy (non-hydrogen) atoms. The molecule has 0 aromatic carbocycles. The van der Waals surface area contributed by atoms with E-state index in [0.717, 1.165) is 6.26 Å². The number of hydrogen-bond donors (Lipinski definition) is 1. The van der Waals surface area contributed by atoms with Gasteiger partial charge in [0.2, 0.25) is 0 Å². The van der Waals surface area contributed by atoms with Crippen LogP contribution >= 0.6 is 0 Å². The first kappa shape index (κ1) is 13.6. The lowest BCUT2D eigenvalue weighted by molar-refractivity contribution is 0.0689. The Labute approximate surface area is 99.4 Å². The Morgan fingerprint density at radius 1 is 1.47 bits per heavy atom. The molecule has 0 aliphatic heterocycles. The standard InChI is InChI=1S/C9H15N3O4S/c1-3-7-8(9(13)14)10-11-12(7)5-4-6-17(2,15)16/h3-6H2,1-2H3,(H,13,14). The first-order valence-electron chi connectivity index (χ1n) is 5.18. The van der Waals surface area contributed by atoms with Crippen LogP contribution in [0.2, 0.25) is 0 Å². The lowest BCUT2D eigenvalue weighted by Gasteiger charge is -2.04. The van der Waals surface area contributed by atoms with E-state index in [2.05, 4.69) is 10.3 Å². The van der Waals surface area contributed by atoms with Crippen molar-refractivity contribution in [2.24, 2.45) is 0 Å². The fourth-order valence-corrected chi connectivity index (χ4v) is 2.16. The van der Waals surface area contributed by atoms with Gasteiger partial charge in [0.05, 0.1) is 11.4 Å². The van der Waals surface area contributed by atoms with Crippen LogP contribution in [0.5, 0.6) is 0 Å². The van der Waals surface area contributed by atoms with Gasteiger partial charge in [-0.2, -0.15) is 0 Å². The summed E-state index contributed by atoms with van der Waals surface area (Å²) >= 11 is 0. The molecule has 7 nitrogen and oxygen atoms in total. The second kappa shape index (κ2) is 5.26. The third kappa shape index (κ3) is 3.81.